The molecule has 0 aliphatic carbocycles. The van der Waals surface area contributed by atoms with Crippen LogP contribution in [0.4, 0.5) is 0 Å². The maximum atomic E-state index is 8.97. The van der Waals surface area contributed by atoms with E-state index in [0.29, 0.717) is 11.3 Å². The number of rotatable bonds is 6. The van der Waals surface area contributed by atoms with Gasteiger partial charge in [0, 0.05) is 36.3 Å². The van der Waals surface area contributed by atoms with Gasteiger partial charge in [0.15, 0.2) is 0 Å². The summed E-state index contributed by atoms with van der Waals surface area (Å²) in [5.74, 6) is 0.665. The van der Waals surface area contributed by atoms with Crippen molar-refractivity contribution in [3.05, 3.63) is 88.9 Å². The first kappa shape index (κ1) is 19.5. The number of likely N-dealkylation sites (tertiary alicyclic amines) is 1. The standard InChI is InChI=1S/C24H22ClN3O/c25-24-7-2-1-6-23(24)20-10-8-18(9-11-20)16-28-13-12-21(17-28)27-29-22-5-3-4-19(14-22)15-26/h1-11,14,21,27H,12-13,16-17H2/t21-/m1/s1. The molecule has 1 aliphatic heterocycles. The lowest BCUT2D eigenvalue weighted by Crippen LogP contribution is -2.34. The average molecular weight is 404 g/mol. The van der Waals surface area contributed by atoms with Crippen LogP contribution in [0.5, 0.6) is 5.75 Å². The molecule has 0 bridgehead atoms. The topological polar surface area (TPSA) is 48.3 Å². The SMILES string of the molecule is N#Cc1cccc(ON[C@@H]2CCN(Cc3ccc(-c4ccccc4Cl)cc3)C2)c1. The number of hydrogen-bond acceptors (Lipinski definition) is 4. The molecule has 1 fully saturated rings. The van der Waals surface area contributed by atoms with E-state index >= 15 is 0 Å². The summed E-state index contributed by atoms with van der Waals surface area (Å²) in [4.78, 5) is 8.08. The minimum Gasteiger partial charge on any atom is -0.408 e. The van der Waals surface area contributed by atoms with E-state index in [-0.39, 0.29) is 6.04 Å². The Kier molecular flexibility index (Phi) is 6.12. The van der Waals surface area contributed by atoms with Crippen molar-refractivity contribution >= 4 is 11.6 Å². The summed E-state index contributed by atoms with van der Waals surface area (Å²) < 4.78 is 0. The predicted molar refractivity (Wildman–Crippen MR) is 115 cm³/mol. The Bertz CT molecular complexity index is 1010. The number of hydrogen-bond donors (Lipinski definition) is 1. The number of hydroxylamine groups is 1. The Morgan fingerprint density at radius 2 is 1.90 bits per heavy atom. The fraction of sp³-hybridized carbons (Fsp3) is 0.208. The molecule has 0 aromatic heterocycles. The zero-order valence-corrected chi connectivity index (χ0v) is 16.8. The van der Waals surface area contributed by atoms with Crippen molar-refractivity contribution in [1.29, 1.82) is 5.26 Å². The quantitative estimate of drug-likeness (QED) is 0.586. The largest absolute Gasteiger partial charge is 0.408 e. The molecule has 1 heterocycles. The molecule has 0 unspecified atom stereocenters. The van der Waals surface area contributed by atoms with E-state index in [9.17, 15) is 0 Å². The summed E-state index contributed by atoms with van der Waals surface area (Å²) in [5.41, 5.74) is 7.20. The summed E-state index contributed by atoms with van der Waals surface area (Å²) in [7, 11) is 0. The van der Waals surface area contributed by atoms with Crippen LogP contribution in [0, 0.1) is 11.3 Å². The van der Waals surface area contributed by atoms with E-state index < -0.39 is 0 Å². The Balaban J connectivity index is 1.30. The van der Waals surface area contributed by atoms with Gasteiger partial charge in [-0.25, -0.2) is 0 Å². The zero-order chi connectivity index (χ0) is 20.1. The number of nitrogens with one attached hydrogen (secondary N) is 1. The normalized spacial score (nSPS) is 16.5. The first-order valence-electron chi connectivity index (χ1n) is 9.70. The molecule has 0 saturated carbocycles. The number of nitrogens with zero attached hydrogens (tertiary/aromatic N) is 2. The first-order valence-corrected chi connectivity index (χ1v) is 10.1. The van der Waals surface area contributed by atoms with E-state index in [1.807, 2.05) is 36.4 Å². The summed E-state index contributed by atoms with van der Waals surface area (Å²) in [6.07, 6.45) is 1.02. The first-order chi connectivity index (χ1) is 14.2. The van der Waals surface area contributed by atoms with Gasteiger partial charge in [-0.1, -0.05) is 60.1 Å². The molecular formula is C24H22ClN3O. The van der Waals surface area contributed by atoms with Crippen LogP contribution in [0.1, 0.15) is 17.5 Å². The van der Waals surface area contributed by atoms with Gasteiger partial charge in [-0.3, -0.25) is 4.90 Å². The van der Waals surface area contributed by atoms with Crippen molar-refractivity contribution in [3.8, 4) is 22.9 Å². The van der Waals surface area contributed by atoms with E-state index in [4.69, 9.17) is 21.7 Å². The van der Waals surface area contributed by atoms with Crippen LogP contribution in [0.15, 0.2) is 72.8 Å². The van der Waals surface area contributed by atoms with Crippen LogP contribution in [0.25, 0.3) is 11.1 Å². The highest BCUT2D eigenvalue weighted by Crippen LogP contribution is 2.28. The summed E-state index contributed by atoms with van der Waals surface area (Å²) >= 11 is 6.30. The van der Waals surface area contributed by atoms with Gasteiger partial charge in [-0.05, 0) is 35.7 Å². The Labute approximate surface area is 176 Å². The van der Waals surface area contributed by atoms with Crippen LogP contribution < -0.4 is 10.3 Å². The smallest absolute Gasteiger partial charge is 0.148 e. The molecule has 1 saturated heterocycles. The van der Waals surface area contributed by atoms with Gasteiger partial charge in [-0.2, -0.15) is 10.7 Å². The Morgan fingerprint density at radius 1 is 1.07 bits per heavy atom. The maximum Gasteiger partial charge on any atom is 0.148 e. The Morgan fingerprint density at radius 3 is 2.69 bits per heavy atom. The molecule has 29 heavy (non-hydrogen) atoms. The van der Waals surface area contributed by atoms with Gasteiger partial charge in [-0.15, -0.1) is 0 Å². The molecule has 3 aromatic carbocycles. The molecule has 146 valence electrons. The van der Waals surface area contributed by atoms with Crippen LogP contribution >= 0.6 is 11.6 Å². The second kappa shape index (κ2) is 9.11. The maximum absolute atomic E-state index is 8.97. The summed E-state index contributed by atoms with van der Waals surface area (Å²) in [6.45, 7) is 2.85. The van der Waals surface area contributed by atoms with Crippen molar-refractivity contribution < 1.29 is 4.84 Å². The van der Waals surface area contributed by atoms with Crippen molar-refractivity contribution in [2.24, 2.45) is 0 Å². The van der Waals surface area contributed by atoms with Gasteiger partial charge >= 0.3 is 0 Å². The highest BCUT2D eigenvalue weighted by molar-refractivity contribution is 6.33. The highest BCUT2D eigenvalue weighted by Gasteiger charge is 2.23. The van der Waals surface area contributed by atoms with Gasteiger partial charge in [0.25, 0.3) is 0 Å². The van der Waals surface area contributed by atoms with Gasteiger partial charge in [0.1, 0.15) is 5.75 Å². The number of nitriles is 1. The van der Waals surface area contributed by atoms with Crippen LogP contribution in [-0.2, 0) is 6.54 Å². The number of halogens is 1. The highest BCUT2D eigenvalue weighted by atomic mass is 35.5. The third-order valence-corrected chi connectivity index (χ3v) is 5.45. The Hall–Kier alpha value is -2.84. The monoisotopic (exact) mass is 403 g/mol. The van der Waals surface area contributed by atoms with Crippen LogP contribution in [0.3, 0.4) is 0 Å². The van der Waals surface area contributed by atoms with Crippen molar-refractivity contribution in [2.45, 2.75) is 19.0 Å². The lowest BCUT2D eigenvalue weighted by atomic mass is 10.0. The second-order valence-corrected chi connectivity index (χ2v) is 7.66. The van der Waals surface area contributed by atoms with Crippen molar-refractivity contribution in [1.82, 2.24) is 10.4 Å². The van der Waals surface area contributed by atoms with Gasteiger partial charge in [0.2, 0.25) is 0 Å². The molecule has 4 nitrogen and oxygen atoms in total. The third-order valence-electron chi connectivity index (χ3n) is 5.12. The molecule has 1 aliphatic rings. The van der Waals surface area contributed by atoms with E-state index in [1.54, 1.807) is 12.1 Å². The minimum absolute atomic E-state index is 0.267. The molecule has 0 radical (unpaired) electrons. The zero-order valence-electron chi connectivity index (χ0n) is 16.0. The van der Waals surface area contributed by atoms with Gasteiger partial charge < -0.3 is 4.84 Å². The lowest BCUT2D eigenvalue weighted by Gasteiger charge is -2.17. The predicted octanol–water partition coefficient (Wildman–Crippen LogP) is 5.04. The second-order valence-electron chi connectivity index (χ2n) is 7.26. The van der Waals surface area contributed by atoms with Crippen molar-refractivity contribution in [2.75, 3.05) is 13.1 Å². The van der Waals surface area contributed by atoms with Crippen LogP contribution in [-0.4, -0.2) is 24.0 Å². The molecule has 1 atom stereocenters. The molecule has 4 rings (SSSR count). The van der Waals surface area contributed by atoms with E-state index in [1.165, 1.54) is 5.56 Å². The molecule has 0 amide bonds. The molecule has 1 N–H and O–H groups in total. The summed E-state index contributed by atoms with van der Waals surface area (Å²) in [5, 5.41) is 9.75. The summed E-state index contributed by atoms with van der Waals surface area (Å²) in [6, 6.07) is 26.1. The fourth-order valence-electron chi connectivity index (χ4n) is 3.60. The molecule has 3 aromatic rings. The van der Waals surface area contributed by atoms with Crippen LogP contribution in [0.2, 0.25) is 5.02 Å². The van der Waals surface area contributed by atoms with E-state index in [2.05, 4.69) is 40.7 Å². The number of benzene rings is 3. The fourth-order valence-corrected chi connectivity index (χ4v) is 3.84. The lowest BCUT2D eigenvalue weighted by molar-refractivity contribution is 0.154. The average Bonchev–Trinajstić information content (AvgIpc) is 3.21. The molecule has 0 spiro atoms. The van der Waals surface area contributed by atoms with E-state index in [0.717, 1.165) is 42.2 Å². The molecular weight excluding hydrogens is 382 g/mol. The van der Waals surface area contributed by atoms with Gasteiger partial charge in [0.05, 0.1) is 17.7 Å². The van der Waals surface area contributed by atoms with Crippen molar-refractivity contribution in [3.63, 3.8) is 0 Å². The molecule has 5 heteroatoms. The minimum atomic E-state index is 0.267. The third kappa shape index (κ3) is 4.96.